The second-order valence-electron chi connectivity index (χ2n) is 8.44. The van der Waals surface area contributed by atoms with Crippen molar-refractivity contribution in [2.45, 2.75) is 26.7 Å². The van der Waals surface area contributed by atoms with Gasteiger partial charge in [0.15, 0.2) is 0 Å². The molecule has 0 heterocycles. The number of nitrogens with zero attached hydrogens (tertiary/aromatic N) is 2. The highest BCUT2D eigenvalue weighted by atomic mass is 14.6. The molecule has 0 radical (unpaired) electrons. The summed E-state index contributed by atoms with van der Waals surface area (Å²) in [6.07, 6.45) is 19.8. The molecule has 8 N–H and O–H groups in total. The minimum atomic E-state index is 0.116. The van der Waals surface area contributed by atoms with Gasteiger partial charge in [-0.15, -0.1) is 0 Å². The topological polar surface area (TPSA) is 152 Å². The summed E-state index contributed by atoms with van der Waals surface area (Å²) in [6.45, 7) is 3.69. The number of allylic oxidation sites excluding steroid dienone is 12. The maximum Gasteiger partial charge on any atom is 0.117 e. The lowest BCUT2D eigenvalue weighted by Gasteiger charge is -2.04. The van der Waals surface area contributed by atoms with Gasteiger partial charge in [-0.25, -0.2) is 0 Å². The van der Waals surface area contributed by atoms with Crippen LogP contribution in [-0.2, 0) is 12.8 Å². The van der Waals surface area contributed by atoms with E-state index in [9.17, 15) is 0 Å². The van der Waals surface area contributed by atoms with E-state index in [4.69, 9.17) is 33.5 Å². The number of benzene rings is 2. The van der Waals surface area contributed by atoms with Crippen LogP contribution >= 0.6 is 0 Å². The van der Waals surface area contributed by atoms with Crippen LogP contribution in [0.3, 0.4) is 0 Å². The van der Waals surface area contributed by atoms with Crippen LogP contribution in [0.5, 0.6) is 0 Å². The zero-order chi connectivity index (χ0) is 27.9. The van der Waals surface area contributed by atoms with E-state index >= 15 is 0 Å². The van der Waals surface area contributed by atoms with Crippen LogP contribution < -0.4 is 22.9 Å². The van der Waals surface area contributed by atoms with E-state index < -0.39 is 0 Å². The summed E-state index contributed by atoms with van der Waals surface area (Å²) in [5.41, 5.74) is 28.5. The van der Waals surface area contributed by atoms with Crippen molar-refractivity contribution in [1.29, 1.82) is 10.5 Å². The Bertz CT molecular complexity index is 1360. The van der Waals surface area contributed by atoms with Crippen LogP contribution in [0.15, 0.2) is 131 Å². The summed E-state index contributed by atoms with van der Waals surface area (Å²) in [4.78, 5) is 0. The summed E-state index contributed by atoms with van der Waals surface area (Å²) < 4.78 is 0. The fourth-order valence-corrected chi connectivity index (χ4v) is 3.61. The van der Waals surface area contributed by atoms with Crippen LogP contribution in [0.2, 0.25) is 0 Å². The zero-order valence-corrected chi connectivity index (χ0v) is 21.9. The highest BCUT2D eigenvalue weighted by Crippen LogP contribution is 2.19. The number of rotatable bonds is 10. The van der Waals surface area contributed by atoms with Crippen LogP contribution in [0.4, 0.5) is 0 Å². The molecule has 0 aromatic heterocycles. The molecule has 0 fully saturated rings. The van der Waals surface area contributed by atoms with Crippen molar-refractivity contribution < 1.29 is 0 Å². The standard InChI is InChI=1S/C32H34N6/c1-3-25(19-29(35)21-33)31(37)11-7-5-9-23-13-15-28-18-24(14-16-27(28)17-23)10-6-8-12-32(38)26(4-2)20-30(36)22-34/h3-8,11-20H,9-10,35-38H2,1-2H3/b7-5-,8-6-,25-3+,26-4+,29-19-,30-20-,31-11-,32-12-. The minimum Gasteiger partial charge on any atom is -0.398 e. The Kier molecular flexibility index (Phi) is 11.5. The van der Waals surface area contributed by atoms with Gasteiger partial charge in [0, 0.05) is 11.4 Å². The maximum absolute atomic E-state index is 8.84. The molecule has 0 aliphatic rings. The lowest BCUT2D eigenvalue weighted by molar-refractivity contribution is 1.26. The fraction of sp³-hybridized carbons (Fsp3) is 0.125. The molecule has 192 valence electrons. The number of nitriles is 2. The van der Waals surface area contributed by atoms with Gasteiger partial charge in [0.25, 0.3) is 0 Å². The average molecular weight is 503 g/mol. The first-order chi connectivity index (χ1) is 18.3. The average Bonchev–Trinajstić information content (AvgIpc) is 2.94. The molecule has 38 heavy (non-hydrogen) atoms. The van der Waals surface area contributed by atoms with Gasteiger partial charge >= 0.3 is 0 Å². The predicted octanol–water partition coefficient (Wildman–Crippen LogP) is 5.35. The molecular formula is C32H34N6. The SMILES string of the molecule is C/C=C(\C=C(/N)C#N)C(/N)=C/C=C\Cc1ccc2cc(C\C=C/C=C(N)/C(/C=C(\N)C#N)=C/C)ccc2c1. The van der Waals surface area contributed by atoms with E-state index in [1.165, 1.54) is 21.9 Å². The molecule has 2 rings (SSSR count). The van der Waals surface area contributed by atoms with Crippen molar-refractivity contribution in [1.82, 2.24) is 0 Å². The Balaban J connectivity index is 2.04. The number of hydrogen-bond donors (Lipinski definition) is 4. The van der Waals surface area contributed by atoms with Gasteiger partial charge in [0.2, 0.25) is 0 Å². The zero-order valence-electron chi connectivity index (χ0n) is 21.9. The molecule has 0 aliphatic carbocycles. The molecule has 2 aromatic carbocycles. The second kappa shape index (κ2) is 15.0. The quantitative estimate of drug-likeness (QED) is 0.254. The molecule has 0 spiro atoms. The molecule has 0 unspecified atom stereocenters. The highest BCUT2D eigenvalue weighted by Gasteiger charge is 2.00. The van der Waals surface area contributed by atoms with Gasteiger partial charge in [0.1, 0.15) is 23.5 Å². The van der Waals surface area contributed by atoms with Crippen molar-refractivity contribution in [2.24, 2.45) is 22.9 Å². The van der Waals surface area contributed by atoms with Gasteiger partial charge in [-0.3, -0.25) is 0 Å². The Morgan fingerprint density at radius 1 is 0.684 bits per heavy atom. The third-order valence-corrected chi connectivity index (χ3v) is 5.67. The van der Waals surface area contributed by atoms with Gasteiger partial charge in [-0.2, -0.15) is 10.5 Å². The molecule has 0 aliphatic heterocycles. The first-order valence-electron chi connectivity index (χ1n) is 12.1. The smallest absolute Gasteiger partial charge is 0.117 e. The minimum absolute atomic E-state index is 0.116. The lowest BCUT2D eigenvalue weighted by atomic mass is 10.0. The van der Waals surface area contributed by atoms with Gasteiger partial charge in [0.05, 0.1) is 0 Å². The lowest BCUT2D eigenvalue weighted by Crippen LogP contribution is -2.02. The Labute approximate surface area is 225 Å². The van der Waals surface area contributed by atoms with E-state index in [-0.39, 0.29) is 11.4 Å². The van der Waals surface area contributed by atoms with Crippen LogP contribution in [0.25, 0.3) is 10.8 Å². The number of hydrogen-bond acceptors (Lipinski definition) is 6. The van der Waals surface area contributed by atoms with Crippen molar-refractivity contribution >= 4 is 10.8 Å². The molecular weight excluding hydrogens is 468 g/mol. The Morgan fingerprint density at radius 3 is 1.42 bits per heavy atom. The molecule has 6 nitrogen and oxygen atoms in total. The van der Waals surface area contributed by atoms with Crippen LogP contribution in [0, 0.1) is 22.7 Å². The summed E-state index contributed by atoms with van der Waals surface area (Å²) in [5.74, 6) is 0. The van der Waals surface area contributed by atoms with E-state index in [0.717, 1.165) is 12.8 Å². The summed E-state index contributed by atoms with van der Waals surface area (Å²) >= 11 is 0. The van der Waals surface area contributed by atoms with Gasteiger partial charge < -0.3 is 22.9 Å². The highest BCUT2D eigenvalue weighted by molar-refractivity contribution is 5.84. The summed E-state index contributed by atoms with van der Waals surface area (Å²) in [6, 6.07) is 16.7. The third kappa shape index (κ3) is 9.11. The van der Waals surface area contributed by atoms with E-state index in [2.05, 4.69) is 36.4 Å². The molecule has 0 atom stereocenters. The first-order valence-corrected chi connectivity index (χ1v) is 12.1. The van der Waals surface area contributed by atoms with Crippen LogP contribution in [-0.4, -0.2) is 0 Å². The second-order valence-corrected chi connectivity index (χ2v) is 8.44. The van der Waals surface area contributed by atoms with Crippen molar-refractivity contribution in [3.63, 3.8) is 0 Å². The molecule has 0 saturated carbocycles. The molecule has 0 amide bonds. The van der Waals surface area contributed by atoms with Crippen LogP contribution in [0.1, 0.15) is 25.0 Å². The Hall–Kier alpha value is -5.20. The normalized spacial score (nSPS) is 14.3. The molecule has 0 bridgehead atoms. The molecule has 2 aromatic rings. The van der Waals surface area contributed by atoms with Crippen molar-refractivity contribution in [3.05, 3.63) is 142 Å². The monoisotopic (exact) mass is 502 g/mol. The van der Waals surface area contributed by atoms with E-state index in [1.807, 2.05) is 62.4 Å². The molecule has 6 heteroatoms. The number of nitrogens with two attached hydrogens (primary N) is 4. The van der Waals surface area contributed by atoms with Gasteiger partial charge in [-0.1, -0.05) is 72.9 Å². The van der Waals surface area contributed by atoms with Gasteiger partial charge in [-0.05, 0) is 84.0 Å². The predicted molar refractivity (Wildman–Crippen MR) is 157 cm³/mol. The van der Waals surface area contributed by atoms with E-state index in [0.29, 0.717) is 22.5 Å². The number of fused-ring (bicyclic) bond motifs is 1. The third-order valence-electron chi connectivity index (χ3n) is 5.67. The molecule has 0 saturated heterocycles. The Morgan fingerprint density at radius 2 is 1.08 bits per heavy atom. The largest absolute Gasteiger partial charge is 0.398 e. The fourth-order valence-electron chi connectivity index (χ4n) is 3.61. The summed E-state index contributed by atoms with van der Waals surface area (Å²) in [5, 5.41) is 20.0. The van der Waals surface area contributed by atoms with Crippen molar-refractivity contribution in [3.8, 4) is 12.1 Å². The maximum atomic E-state index is 8.84. The summed E-state index contributed by atoms with van der Waals surface area (Å²) in [7, 11) is 0. The van der Waals surface area contributed by atoms with Crippen molar-refractivity contribution in [2.75, 3.05) is 0 Å². The van der Waals surface area contributed by atoms with E-state index in [1.54, 1.807) is 24.3 Å². The first kappa shape index (κ1) is 29.0.